The summed E-state index contributed by atoms with van der Waals surface area (Å²) >= 11 is 3.34. The molecular formula is C13H9BrN2O. The predicted molar refractivity (Wildman–Crippen MR) is 69.2 cm³/mol. The van der Waals surface area contributed by atoms with Crippen LogP contribution in [-0.2, 0) is 0 Å². The first-order valence-electron chi connectivity index (χ1n) is 5.02. The first-order valence-corrected chi connectivity index (χ1v) is 5.81. The third-order valence-electron chi connectivity index (χ3n) is 2.48. The standard InChI is InChI=1S/C13H9BrN2O/c1-9-2-3-10(8-15)13(17)16(9)12-6-4-11(14)5-7-12/h2-7H,1H3. The van der Waals surface area contributed by atoms with Crippen molar-refractivity contribution < 1.29 is 0 Å². The van der Waals surface area contributed by atoms with E-state index < -0.39 is 0 Å². The van der Waals surface area contributed by atoms with Crippen molar-refractivity contribution in [3.8, 4) is 11.8 Å². The van der Waals surface area contributed by atoms with Crippen molar-refractivity contribution in [2.45, 2.75) is 6.92 Å². The van der Waals surface area contributed by atoms with E-state index in [0.29, 0.717) is 0 Å². The van der Waals surface area contributed by atoms with E-state index in [0.717, 1.165) is 15.9 Å². The summed E-state index contributed by atoms with van der Waals surface area (Å²) in [6, 6.07) is 12.6. The van der Waals surface area contributed by atoms with Crippen LogP contribution in [0.1, 0.15) is 11.3 Å². The fraction of sp³-hybridized carbons (Fsp3) is 0.0769. The lowest BCUT2D eigenvalue weighted by Crippen LogP contribution is -2.22. The molecule has 0 bridgehead atoms. The zero-order valence-electron chi connectivity index (χ0n) is 9.14. The number of halogens is 1. The number of pyridine rings is 1. The Morgan fingerprint density at radius 3 is 2.41 bits per heavy atom. The summed E-state index contributed by atoms with van der Waals surface area (Å²) in [5.41, 5.74) is 1.43. The molecule has 1 heterocycles. The van der Waals surface area contributed by atoms with Crippen molar-refractivity contribution in [1.82, 2.24) is 4.57 Å². The molecule has 2 aromatic rings. The van der Waals surface area contributed by atoms with Crippen LogP contribution in [0, 0.1) is 18.3 Å². The Balaban J connectivity index is 2.71. The predicted octanol–water partition coefficient (Wildman–Crippen LogP) is 2.78. The maximum absolute atomic E-state index is 12.0. The number of aromatic nitrogens is 1. The highest BCUT2D eigenvalue weighted by atomic mass is 79.9. The van der Waals surface area contributed by atoms with Crippen molar-refractivity contribution in [2.24, 2.45) is 0 Å². The van der Waals surface area contributed by atoms with E-state index >= 15 is 0 Å². The van der Waals surface area contributed by atoms with Gasteiger partial charge in [-0.3, -0.25) is 9.36 Å². The van der Waals surface area contributed by atoms with Gasteiger partial charge in [0.05, 0.1) is 0 Å². The molecule has 4 heteroatoms. The van der Waals surface area contributed by atoms with Crippen LogP contribution in [0.2, 0.25) is 0 Å². The quantitative estimate of drug-likeness (QED) is 0.810. The Kier molecular flexibility index (Phi) is 3.12. The van der Waals surface area contributed by atoms with E-state index in [2.05, 4.69) is 15.9 Å². The van der Waals surface area contributed by atoms with Crippen LogP contribution in [0.15, 0.2) is 45.7 Å². The highest BCUT2D eigenvalue weighted by molar-refractivity contribution is 9.10. The molecule has 0 spiro atoms. The Bertz CT molecular complexity index is 651. The van der Waals surface area contributed by atoms with Gasteiger partial charge in [-0.25, -0.2) is 0 Å². The molecule has 0 radical (unpaired) electrons. The monoisotopic (exact) mass is 288 g/mol. The molecule has 0 unspecified atom stereocenters. The number of hydrogen-bond acceptors (Lipinski definition) is 2. The SMILES string of the molecule is Cc1ccc(C#N)c(=O)n1-c1ccc(Br)cc1. The highest BCUT2D eigenvalue weighted by Crippen LogP contribution is 2.14. The number of nitriles is 1. The molecule has 0 fully saturated rings. The van der Waals surface area contributed by atoms with Crippen molar-refractivity contribution in [3.63, 3.8) is 0 Å². The second-order valence-electron chi connectivity index (χ2n) is 3.62. The average Bonchev–Trinajstić information content (AvgIpc) is 2.32. The summed E-state index contributed by atoms with van der Waals surface area (Å²) < 4.78 is 2.48. The second-order valence-corrected chi connectivity index (χ2v) is 4.53. The van der Waals surface area contributed by atoms with Crippen LogP contribution >= 0.6 is 15.9 Å². The number of aryl methyl sites for hydroxylation is 1. The molecule has 0 aliphatic carbocycles. The summed E-state index contributed by atoms with van der Waals surface area (Å²) in [7, 11) is 0. The Morgan fingerprint density at radius 1 is 1.18 bits per heavy atom. The third-order valence-corrected chi connectivity index (χ3v) is 3.01. The molecule has 0 aliphatic heterocycles. The molecule has 17 heavy (non-hydrogen) atoms. The second kappa shape index (κ2) is 4.56. The fourth-order valence-electron chi connectivity index (χ4n) is 1.63. The van der Waals surface area contributed by atoms with Gasteiger partial charge >= 0.3 is 0 Å². The Hall–Kier alpha value is -1.86. The van der Waals surface area contributed by atoms with Gasteiger partial charge in [-0.05, 0) is 43.3 Å². The first-order chi connectivity index (χ1) is 8.13. The molecule has 1 aromatic heterocycles. The van der Waals surface area contributed by atoms with Crippen LogP contribution in [-0.4, -0.2) is 4.57 Å². The smallest absolute Gasteiger partial charge is 0.273 e. The van der Waals surface area contributed by atoms with Gasteiger partial charge < -0.3 is 0 Å². The molecule has 0 amide bonds. The average molecular weight is 289 g/mol. The number of hydrogen-bond donors (Lipinski definition) is 0. The van der Waals surface area contributed by atoms with Gasteiger partial charge in [0, 0.05) is 15.9 Å². The molecule has 0 atom stereocenters. The van der Waals surface area contributed by atoms with E-state index in [-0.39, 0.29) is 11.1 Å². The summed E-state index contributed by atoms with van der Waals surface area (Å²) in [4.78, 5) is 12.0. The maximum atomic E-state index is 12.0. The zero-order chi connectivity index (χ0) is 12.4. The van der Waals surface area contributed by atoms with E-state index in [4.69, 9.17) is 5.26 Å². The van der Waals surface area contributed by atoms with Crippen LogP contribution in [0.25, 0.3) is 5.69 Å². The van der Waals surface area contributed by atoms with E-state index in [1.165, 1.54) is 4.57 Å². The van der Waals surface area contributed by atoms with E-state index in [1.807, 2.05) is 37.3 Å². The molecule has 2 rings (SSSR count). The van der Waals surface area contributed by atoms with E-state index in [9.17, 15) is 4.79 Å². The molecule has 0 saturated heterocycles. The van der Waals surface area contributed by atoms with Gasteiger partial charge in [-0.1, -0.05) is 15.9 Å². The molecule has 3 nitrogen and oxygen atoms in total. The van der Waals surface area contributed by atoms with Crippen molar-refractivity contribution in [2.75, 3.05) is 0 Å². The summed E-state index contributed by atoms with van der Waals surface area (Å²) in [5.74, 6) is 0. The van der Waals surface area contributed by atoms with Crippen LogP contribution < -0.4 is 5.56 Å². The number of rotatable bonds is 1. The molecular weight excluding hydrogens is 280 g/mol. The number of benzene rings is 1. The minimum atomic E-state index is -0.283. The molecule has 0 N–H and O–H groups in total. The van der Waals surface area contributed by atoms with Gasteiger partial charge in [-0.15, -0.1) is 0 Å². The lowest BCUT2D eigenvalue weighted by molar-refractivity contribution is 0.928. The van der Waals surface area contributed by atoms with Crippen molar-refractivity contribution in [1.29, 1.82) is 5.26 Å². The zero-order valence-corrected chi connectivity index (χ0v) is 10.7. The summed E-state index contributed by atoms with van der Waals surface area (Å²) in [5, 5.41) is 8.85. The van der Waals surface area contributed by atoms with Gasteiger partial charge in [0.25, 0.3) is 5.56 Å². The van der Waals surface area contributed by atoms with Crippen molar-refractivity contribution >= 4 is 15.9 Å². The molecule has 1 aromatic carbocycles. The Morgan fingerprint density at radius 2 is 1.82 bits per heavy atom. The largest absolute Gasteiger partial charge is 0.280 e. The molecule has 84 valence electrons. The van der Waals surface area contributed by atoms with Gasteiger partial charge in [0.1, 0.15) is 11.6 Å². The van der Waals surface area contributed by atoms with E-state index in [1.54, 1.807) is 12.1 Å². The fourth-order valence-corrected chi connectivity index (χ4v) is 1.89. The van der Waals surface area contributed by atoms with Crippen LogP contribution in [0.5, 0.6) is 0 Å². The highest BCUT2D eigenvalue weighted by Gasteiger charge is 2.07. The summed E-state index contributed by atoms with van der Waals surface area (Å²) in [6.45, 7) is 1.84. The normalized spacial score (nSPS) is 9.94. The first kappa shape index (κ1) is 11.6. The minimum Gasteiger partial charge on any atom is -0.280 e. The number of nitrogens with zero attached hydrogens (tertiary/aromatic N) is 2. The third kappa shape index (κ3) is 2.15. The topological polar surface area (TPSA) is 45.8 Å². The molecule has 0 saturated carbocycles. The van der Waals surface area contributed by atoms with Gasteiger partial charge in [-0.2, -0.15) is 5.26 Å². The lowest BCUT2D eigenvalue weighted by Gasteiger charge is -2.09. The van der Waals surface area contributed by atoms with Crippen LogP contribution in [0.4, 0.5) is 0 Å². The minimum absolute atomic E-state index is 0.151. The van der Waals surface area contributed by atoms with Crippen molar-refractivity contribution in [3.05, 3.63) is 62.5 Å². The lowest BCUT2D eigenvalue weighted by atomic mass is 10.2. The maximum Gasteiger partial charge on any atom is 0.273 e. The Labute approximate surface area is 107 Å². The molecule has 0 aliphatic rings. The van der Waals surface area contributed by atoms with Crippen LogP contribution in [0.3, 0.4) is 0 Å². The van der Waals surface area contributed by atoms with Gasteiger partial charge in [0.2, 0.25) is 0 Å². The summed E-state index contributed by atoms with van der Waals surface area (Å²) in [6.07, 6.45) is 0. The van der Waals surface area contributed by atoms with Gasteiger partial charge in [0.15, 0.2) is 0 Å².